The molecule has 1 rings (SSSR count). The molecule has 19 heavy (non-hydrogen) atoms. The zero-order chi connectivity index (χ0) is 14.8. The number of likely N-dealkylation sites (N-methyl/N-ethyl adjacent to an activating group) is 2. The van der Waals surface area contributed by atoms with Crippen molar-refractivity contribution in [1.29, 1.82) is 0 Å². The second-order valence-electron chi connectivity index (χ2n) is 6.61. The van der Waals surface area contributed by atoms with Crippen LogP contribution in [0.1, 0.15) is 56.3 Å². The predicted molar refractivity (Wildman–Crippen MR) is 84.8 cm³/mol. The molecule has 0 spiro atoms. The van der Waals surface area contributed by atoms with E-state index < -0.39 is 0 Å². The number of benzene rings is 1. The minimum atomic E-state index is 0.0316. The molecule has 0 radical (unpaired) electrons. The van der Waals surface area contributed by atoms with Crippen LogP contribution >= 0.6 is 0 Å². The Balaban J connectivity index is 3.34. The summed E-state index contributed by atoms with van der Waals surface area (Å²) in [4.78, 5) is 2.31. The van der Waals surface area contributed by atoms with Gasteiger partial charge in [-0.05, 0) is 64.5 Å². The second-order valence-corrected chi connectivity index (χ2v) is 6.61. The van der Waals surface area contributed by atoms with E-state index in [1.54, 1.807) is 0 Å². The molecule has 2 heteroatoms. The van der Waals surface area contributed by atoms with Crippen LogP contribution in [0.15, 0.2) is 18.2 Å². The standard InChI is InChI=1S/C17H30N2/c1-12(2)14-10-9-13(3)15(11-14)16(19(7)8)17(4,5)18-6/h9-12,16,18H,1-8H3. The normalized spacial score (nSPS) is 14.2. The summed E-state index contributed by atoms with van der Waals surface area (Å²) in [6.45, 7) is 11.2. The van der Waals surface area contributed by atoms with Crippen molar-refractivity contribution in [2.24, 2.45) is 0 Å². The van der Waals surface area contributed by atoms with Gasteiger partial charge in [0.05, 0.1) is 6.04 Å². The molecule has 1 unspecified atom stereocenters. The fraction of sp³-hybridized carbons (Fsp3) is 0.647. The number of nitrogens with one attached hydrogen (secondary N) is 1. The molecule has 0 saturated heterocycles. The van der Waals surface area contributed by atoms with Gasteiger partial charge in [-0.25, -0.2) is 0 Å². The number of rotatable bonds is 5. The molecule has 0 aliphatic rings. The summed E-state index contributed by atoms with van der Waals surface area (Å²) in [5, 5.41) is 3.46. The third-order valence-corrected chi connectivity index (χ3v) is 4.11. The van der Waals surface area contributed by atoms with Gasteiger partial charge in [0.15, 0.2) is 0 Å². The van der Waals surface area contributed by atoms with Crippen molar-refractivity contribution >= 4 is 0 Å². The maximum Gasteiger partial charge on any atom is 0.0522 e. The monoisotopic (exact) mass is 262 g/mol. The first-order chi connectivity index (χ1) is 8.70. The molecule has 0 aliphatic carbocycles. The molecule has 0 heterocycles. The quantitative estimate of drug-likeness (QED) is 0.870. The lowest BCUT2D eigenvalue weighted by molar-refractivity contribution is 0.177. The smallest absolute Gasteiger partial charge is 0.0522 e. The SMILES string of the molecule is CNC(C)(C)C(c1cc(C(C)C)ccc1C)N(C)C. The zero-order valence-corrected chi connectivity index (χ0v) is 13.8. The van der Waals surface area contributed by atoms with Crippen LogP contribution in [0.2, 0.25) is 0 Å². The minimum Gasteiger partial charge on any atom is -0.313 e. The van der Waals surface area contributed by atoms with Gasteiger partial charge in [0, 0.05) is 5.54 Å². The summed E-state index contributed by atoms with van der Waals surface area (Å²) in [5.41, 5.74) is 4.24. The number of hydrogen-bond acceptors (Lipinski definition) is 2. The van der Waals surface area contributed by atoms with Gasteiger partial charge in [0.25, 0.3) is 0 Å². The Hall–Kier alpha value is -0.860. The van der Waals surface area contributed by atoms with Crippen molar-refractivity contribution in [3.05, 3.63) is 34.9 Å². The Kier molecular flexibility index (Phi) is 5.17. The lowest BCUT2D eigenvalue weighted by atomic mass is 9.84. The molecule has 0 fully saturated rings. The largest absolute Gasteiger partial charge is 0.313 e. The summed E-state index contributed by atoms with van der Waals surface area (Å²) in [7, 11) is 6.36. The number of nitrogens with zero attached hydrogens (tertiary/aromatic N) is 1. The summed E-state index contributed by atoms with van der Waals surface area (Å²) < 4.78 is 0. The Bertz CT molecular complexity index is 419. The Labute approximate surface area is 119 Å². The first kappa shape index (κ1) is 16.2. The molecule has 1 aromatic carbocycles. The van der Waals surface area contributed by atoms with Crippen molar-refractivity contribution in [2.45, 2.75) is 52.1 Å². The van der Waals surface area contributed by atoms with Crippen LogP contribution in [-0.2, 0) is 0 Å². The second kappa shape index (κ2) is 6.06. The Morgan fingerprint density at radius 2 is 1.74 bits per heavy atom. The van der Waals surface area contributed by atoms with E-state index in [1.807, 2.05) is 7.05 Å². The zero-order valence-electron chi connectivity index (χ0n) is 13.8. The fourth-order valence-corrected chi connectivity index (χ4v) is 2.76. The summed E-state index contributed by atoms with van der Waals surface area (Å²) >= 11 is 0. The third-order valence-electron chi connectivity index (χ3n) is 4.11. The first-order valence-corrected chi connectivity index (χ1v) is 7.16. The van der Waals surface area contributed by atoms with Gasteiger partial charge < -0.3 is 10.2 Å². The van der Waals surface area contributed by atoms with Crippen LogP contribution in [0.5, 0.6) is 0 Å². The van der Waals surface area contributed by atoms with Crippen LogP contribution in [0, 0.1) is 6.92 Å². The molecule has 0 aliphatic heterocycles. The molecular formula is C17H30N2. The molecule has 108 valence electrons. The molecular weight excluding hydrogens is 232 g/mol. The Morgan fingerprint density at radius 3 is 2.16 bits per heavy atom. The van der Waals surface area contributed by atoms with Gasteiger partial charge in [0.2, 0.25) is 0 Å². The molecule has 1 atom stereocenters. The molecule has 1 N–H and O–H groups in total. The third kappa shape index (κ3) is 3.58. The van der Waals surface area contributed by atoms with Crippen LogP contribution in [-0.4, -0.2) is 31.6 Å². The summed E-state index contributed by atoms with van der Waals surface area (Å²) in [5.74, 6) is 0.569. The van der Waals surface area contributed by atoms with E-state index in [2.05, 4.69) is 77.1 Å². The maximum absolute atomic E-state index is 3.46. The van der Waals surface area contributed by atoms with Crippen LogP contribution < -0.4 is 5.32 Å². The molecule has 2 nitrogen and oxygen atoms in total. The molecule has 0 bridgehead atoms. The van der Waals surface area contributed by atoms with Crippen molar-refractivity contribution < 1.29 is 0 Å². The lowest BCUT2D eigenvalue weighted by Crippen LogP contribution is -2.48. The van der Waals surface area contributed by atoms with Crippen molar-refractivity contribution in [3.8, 4) is 0 Å². The first-order valence-electron chi connectivity index (χ1n) is 7.16. The van der Waals surface area contributed by atoms with Crippen molar-refractivity contribution in [3.63, 3.8) is 0 Å². The highest BCUT2D eigenvalue weighted by Gasteiger charge is 2.32. The van der Waals surface area contributed by atoms with E-state index in [-0.39, 0.29) is 5.54 Å². The molecule has 0 amide bonds. The van der Waals surface area contributed by atoms with E-state index in [4.69, 9.17) is 0 Å². The van der Waals surface area contributed by atoms with E-state index in [0.29, 0.717) is 12.0 Å². The highest BCUT2D eigenvalue weighted by molar-refractivity contribution is 5.36. The number of hydrogen-bond donors (Lipinski definition) is 1. The van der Waals surface area contributed by atoms with Crippen molar-refractivity contribution in [1.82, 2.24) is 10.2 Å². The van der Waals surface area contributed by atoms with Crippen molar-refractivity contribution in [2.75, 3.05) is 21.1 Å². The van der Waals surface area contributed by atoms with Gasteiger partial charge in [-0.1, -0.05) is 32.0 Å². The van der Waals surface area contributed by atoms with Gasteiger partial charge in [-0.15, -0.1) is 0 Å². The molecule has 1 aromatic rings. The van der Waals surface area contributed by atoms with Crippen LogP contribution in [0.4, 0.5) is 0 Å². The lowest BCUT2D eigenvalue weighted by Gasteiger charge is -2.40. The fourth-order valence-electron chi connectivity index (χ4n) is 2.76. The van der Waals surface area contributed by atoms with E-state index >= 15 is 0 Å². The predicted octanol–water partition coefficient (Wildman–Crippen LogP) is 3.72. The van der Waals surface area contributed by atoms with Crippen LogP contribution in [0.25, 0.3) is 0 Å². The van der Waals surface area contributed by atoms with E-state index in [0.717, 1.165) is 0 Å². The highest BCUT2D eigenvalue weighted by atomic mass is 15.2. The van der Waals surface area contributed by atoms with Gasteiger partial charge in [0.1, 0.15) is 0 Å². The average molecular weight is 262 g/mol. The summed E-state index contributed by atoms with van der Waals surface area (Å²) in [6, 6.07) is 7.25. The minimum absolute atomic E-state index is 0.0316. The summed E-state index contributed by atoms with van der Waals surface area (Å²) in [6.07, 6.45) is 0. The maximum atomic E-state index is 3.46. The van der Waals surface area contributed by atoms with Gasteiger partial charge in [-0.2, -0.15) is 0 Å². The van der Waals surface area contributed by atoms with Gasteiger partial charge in [-0.3, -0.25) is 0 Å². The van der Waals surface area contributed by atoms with Crippen LogP contribution in [0.3, 0.4) is 0 Å². The molecule has 0 saturated carbocycles. The number of aryl methyl sites for hydroxylation is 1. The highest BCUT2D eigenvalue weighted by Crippen LogP contribution is 2.33. The topological polar surface area (TPSA) is 15.3 Å². The van der Waals surface area contributed by atoms with E-state index in [9.17, 15) is 0 Å². The Morgan fingerprint density at radius 1 is 1.16 bits per heavy atom. The van der Waals surface area contributed by atoms with E-state index in [1.165, 1.54) is 16.7 Å². The average Bonchev–Trinajstić information content (AvgIpc) is 2.30. The molecule has 0 aromatic heterocycles. The van der Waals surface area contributed by atoms with Gasteiger partial charge >= 0.3 is 0 Å².